The molecule has 0 saturated carbocycles. The summed E-state index contributed by atoms with van der Waals surface area (Å²) in [5.41, 5.74) is 1.04. The molecule has 0 aliphatic rings. The Morgan fingerprint density at radius 1 is 1.22 bits per heavy atom. The fourth-order valence-corrected chi connectivity index (χ4v) is 1.96. The molecule has 0 aliphatic heterocycles. The zero-order valence-corrected chi connectivity index (χ0v) is 16.2. The second kappa shape index (κ2) is 10.2. The van der Waals surface area contributed by atoms with Crippen molar-refractivity contribution in [1.29, 1.82) is 0 Å². The Morgan fingerprint density at radius 2 is 1.96 bits per heavy atom. The average Bonchev–Trinajstić information content (AvgIpc) is 2.99. The Kier molecular flexibility index (Phi) is 8.60. The second-order valence-electron chi connectivity index (χ2n) is 5.42. The van der Waals surface area contributed by atoms with Crippen LogP contribution in [0.2, 0.25) is 0 Å². The molecule has 0 radical (unpaired) electrons. The van der Waals surface area contributed by atoms with E-state index in [1.54, 1.807) is 6.33 Å². The van der Waals surface area contributed by atoms with Crippen LogP contribution in [0.5, 0.6) is 0 Å². The standard InChI is InChI=1S/C16H24N6.HI/c1-4-17-16(18-10-13(2)3)19-11-15-21-20-12-22(15)14-8-6-5-7-9-14;/h5-9,12-13H,4,10-11H2,1-3H3,(H2,17,18,19);1H. The number of hydrogen-bond donors (Lipinski definition) is 2. The van der Waals surface area contributed by atoms with Crippen molar-refractivity contribution in [3.05, 3.63) is 42.5 Å². The monoisotopic (exact) mass is 428 g/mol. The van der Waals surface area contributed by atoms with Gasteiger partial charge in [-0.15, -0.1) is 34.2 Å². The molecule has 6 nitrogen and oxygen atoms in total. The van der Waals surface area contributed by atoms with Gasteiger partial charge in [0.25, 0.3) is 0 Å². The first-order valence-electron chi connectivity index (χ1n) is 7.67. The number of rotatable bonds is 6. The van der Waals surface area contributed by atoms with Crippen molar-refractivity contribution in [2.45, 2.75) is 27.3 Å². The maximum absolute atomic E-state index is 4.59. The van der Waals surface area contributed by atoms with E-state index >= 15 is 0 Å². The SMILES string of the molecule is CCNC(=NCc1nncn1-c1ccccc1)NCC(C)C.I. The minimum atomic E-state index is 0. The van der Waals surface area contributed by atoms with Gasteiger partial charge in [-0.1, -0.05) is 32.0 Å². The normalized spacial score (nSPS) is 11.2. The van der Waals surface area contributed by atoms with E-state index in [1.807, 2.05) is 34.9 Å². The van der Waals surface area contributed by atoms with Crippen molar-refractivity contribution >= 4 is 29.9 Å². The van der Waals surface area contributed by atoms with Gasteiger partial charge >= 0.3 is 0 Å². The van der Waals surface area contributed by atoms with E-state index in [9.17, 15) is 0 Å². The highest BCUT2D eigenvalue weighted by Gasteiger charge is 2.06. The van der Waals surface area contributed by atoms with Crippen molar-refractivity contribution in [3.63, 3.8) is 0 Å². The predicted molar refractivity (Wildman–Crippen MR) is 104 cm³/mol. The number of benzene rings is 1. The third-order valence-electron chi connectivity index (χ3n) is 3.05. The molecule has 126 valence electrons. The number of aromatic nitrogens is 3. The number of nitrogens with zero attached hydrogens (tertiary/aromatic N) is 4. The minimum Gasteiger partial charge on any atom is -0.357 e. The third-order valence-corrected chi connectivity index (χ3v) is 3.05. The molecule has 0 aliphatic carbocycles. The van der Waals surface area contributed by atoms with Gasteiger partial charge in [0.2, 0.25) is 0 Å². The quantitative estimate of drug-likeness (QED) is 0.422. The van der Waals surface area contributed by atoms with Gasteiger partial charge in [0.05, 0.1) is 0 Å². The van der Waals surface area contributed by atoms with Crippen LogP contribution in [-0.4, -0.2) is 33.8 Å². The van der Waals surface area contributed by atoms with Crippen LogP contribution in [0.4, 0.5) is 0 Å². The lowest BCUT2D eigenvalue weighted by Gasteiger charge is -2.13. The van der Waals surface area contributed by atoms with Gasteiger partial charge in [-0.25, -0.2) is 4.99 Å². The van der Waals surface area contributed by atoms with Gasteiger partial charge in [0, 0.05) is 18.8 Å². The number of hydrogen-bond acceptors (Lipinski definition) is 3. The van der Waals surface area contributed by atoms with E-state index in [-0.39, 0.29) is 24.0 Å². The van der Waals surface area contributed by atoms with Crippen molar-refractivity contribution in [3.8, 4) is 5.69 Å². The van der Waals surface area contributed by atoms with Crippen LogP contribution in [0.25, 0.3) is 5.69 Å². The largest absolute Gasteiger partial charge is 0.357 e. The van der Waals surface area contributed by atoms with E-state index < -0.39 is 0 Å². The highest BCUT2D eigenvalue weighted by Crippen LogP contribution is 2.09. The van der Waals surface area contributed by atoms with Gasteiger partial charge in [-0.2, -0.15) is 0 Å². The summed E-state index contributed by atoms with van der Waals surface area (Å²) in [6.45, 7) is 8.58. The second-order valence-corrected chi connectivity index (χ2v) is 5.42. The number of aliphatic imine (C=N–C) groups is 1. The van der Waals surface area contributed by atoms with E-state index in [1.165, 1.54) is 0 Å². The predicted octanol–water partition coefficient (Wildman–Crippen LogP) is 2.60. The van der Waals surface area contributed by atoms with Gasteiger partial charge in [0.1, 0.15) is 12.9 Å². The first kappa shape index (κ1) is 19.4. The Bertz CT molecular complexity index is 594. The molecule has 7 heteroatoms. The van der Waals surface area contributed by atoms with E-state index in [0.717, 1.165) is 30.6 Å². The summed E-state index contributed by atoms with van der Waals surface area (Å²) in [7, 11) is 0. The summed E-state index contributed by atoms with van der Waals surface area (Å²) in [4.78, 5) is 4.59. The molecular formula is C16H25IN6. The van der Waals surface area contributed by atoms with Gasteiger partial charge in [-0.05, 0) is 25.0 Å². The lowest BCUT2D eigenvalue weighted by Crippen LogP contribution is -2.39. The molecule has 1 aromatic heterocycles. The van der Waals surface area contributed by atoms with E-state index in [4.69, 9.17) is 0 Å². The first-order chi connectivity index (χ1) is 10.7. The molecule has 0 unspecified atom stereocenters. The summed E-state index contributed by atoms with van der Waals surface area (Å²) < 4.78 is 1.95. The summed E-state index contributed by atoms with van der Waals surface area (Å²) >= 11 is 0. The molecular weight excluding hydrogens is 403 g/mol. The van der Waals surface area contributed by atoms with E-state index in [2.05, 4.69) is 46.6 Å². The number of guanidine groups is 1. The fourth-order valence-electron chi connectivity index (χ4n) is 1.96. The van der Waals surface area contributed by atoms with Crippen molar-refractivity contribution in [1.82, 2.24) is 25.4 Å². The van der Waals surface area contributed by atoms with Crippen molar-refractivity contribution in [2.24, 2.45) is 10.9 Å². The third kappa shape index (κ3) is 6.17. The first-order valence-corrected chi connectivity index (χ1v) is 7.67. The molecule has 1 heterocycles. The maximum Gasteiger partial charge on any atom is 0.191 e. The average molecular weight is 428 g/mol. The zero-order valence-electron chi connectivity index (χ0n) is 13.9. The van der Waals surface area contributed by atoms with Gasteiger partial charge in [0.15, 0.2) is 11.8 Å². The topological polar surface area (TPSA) is 67.1 Å². The maximum atomic E-state index is 4.59. The lowest BCUT2D eigenvalue weighted by molar-refractivity contribution is 0.614. The Morgan fingerprint density at radius 3 is 2.61 bits per heavy atom. The van der Waals surface area contributed by atoms with Crippen molar-refractivity contribution in [2.75, 3.05) is 13.1 Å². The molecule has 0 atom stereocenters. The molecule has 0 amide bonds. The Hall–Kier alpha value is -1.64. The molecule has 0 saturated heterocycles. The molecule has 0 spiro atoms. The molecule has 2 N–H and O–H groups in total. The van der Waals surface area contributed by atoms with Crippen molar-refractivity contribution < 1.29 is 0 Å². The molecule has 2 aromatic rings. The van der Waals surface area contributed by atoms with Crippen LogP contribution >= 0.6 is 24.0 Å². The van der Waals surface area contributed by atoms with Crippen LogP contribution in [0.15, 0.2) is 41.7 Å². The summed E-state index contributed by atoms with van der Waals surface area (Å²) in [6, 6.07) is 10.0. The van der Waals surface area contributed by atoms with Crippen LogP contribution < -0.4 is 10.6 Å². The number of halogens is 1. The van der Waals surface area contributed by atoms with Crippen LogP contribution in [-0.2, 0) is 6.54 Å². The highest BCUT2D eigenvalue weighted by atomic mass is 127. The van der Waals surface area contributed by atoms with Crippen LogP contribution in [0, 0.1) is 5.92 Å². The summed E-state index contributed by atoms with van der Waals surface area (Å²) in [6.07, 6.45) is 1.72. The molecule has 1 aromatic carbocycles. The van der Waals surface area contributed by atoms with Gasteiger partial charge < -0.3 is 10.6 Å². The highest BCUT2D eigenvalue weighted by molar-refractivity contribution is 14.0. The zero-order chi connectivity index (χ0) is 15.8. The molecule has 0 fully saturated rings. The number of nitrogens with one attached hydrogen (secondary N) is 2. The molecule has 2 rings (SSSR count). The summed E-state index contributed by atoms with van der Waals surface area (Å²) in [5.74, 6) is 2.18. The molecule has 0 bridgehead atoms. The van der Waals surface area contributed by atoms with Crippen LogP contribution in [0.3, 0.4) is 0 Å². The van der Waals surface area contributed by atoms with Crippen LogP contribution in [0.1, 0.15) is 26.6 Å². The Balaban J connectivity index is 0.00000264. The fraction of sp³-hybridized carbons (Fsp3) is 0.438. The summed E-state index contributed by atoms with van der Waals surface area (Å²) in [5, 5.41) is 14.7. The lowest BCUT2D eigenvalue weighted by atomic mass is 10.2. The molecule has 23 heavy (non-hydrogen) atoms. The Labute approximate surface area is 154 Å². The number of para-hydroxylation sites is 1. The minimum absolute atomic E-state index is 0. The smallest absolute Gasteiger partial charge is 0.191 e. The van der Waals surface area contributed by atoms with E-state index in [0.29, 0.717) is 12.5 Å². The van der Waals surface area contributed by atoms with Gasteiger partial charge in [-0.3, -0.25) is 4.57 Å².